The maximum absolute atomic E-state index is 13.5. The van der Waals surface area contributed by atoms with Crippen molar-refractivity contribution in [1.29, 1.82) is 0 Å². The van der Waals surface area contributed by atoms with Crippen LogP contribution in [0.4, 0.5) is 4.39 Å². The summed E-state index contributed by atoms with van der Waals surface area (Å²) in [5, 5.41) is 0.146. The number of hydrogen-bond acceptors (Lipinski definition) is 3. The lowest BCUT2D eigenvalue weighted by Gasteiger charge is -2.20. The van der Waals surface area contributed by atoms with E-state index in [4.69, 9.17) is 4.42 Å². The fourth-order valence-electron chi connectivity index (χ4n) is 3.09. The fourth-order valence-corrected chi connectivity index (χ4v) is 3.09. The van der Waals surface area contributed by atoms with Crippen molar-refractivity contribution in [2.24, 2.45) is 0 Å². The number of fused-ring (bicyclic) bond motifs is 2. The number of halogens is 1. The zero-order valence-corrected chi connectivity index (χ0v) is 12.2. The van der Waals surface area contributed by atoms with Gasteiger partial charge < -0.3 is 9.32 Å². The van der Waals surface area contributed by atoms with Crippen LogP contribution in [0.2, 0.25) is 0 Å². The van der Waals surface area contributed by atoms with E-state index in [-0.39, 0.29) is 33.6 Å². The van der Waals surface area contributed by atoms with Gasteiger partial charge in [0.1, 0.15) is 11.4 Å². The maximum atomic E-state index is 13.5. The molecule has 1 atom stereocenters. The molecule has 0 saturated heterocycles. The highest BCUT2D eigenvalue weighted by atomic mass is 19.1. The molecule has 1 unspecified atom stereocenters. The molecule has 0 bridgehead atoms. The average molecular weight is 309 g/mol. The third-order valence-electron chi connectivity index (χ3n) is 4.18. The van der Waals surface area contributed by atoms with Gasteiger partial charge in [-0.2, -0.15) is 0 Å². The summed E-state index contributed by atoms with van der Waals surface area (Å²) in [5.74, 6) is -0.832. The molecule has 1 aromatic heterocycles. The number of amides is 1. The zero-order chi connectivity index (χ0) is 16.1. The summed E-state index contributed by atoms with van der Waals surface area (Å²) < 4.78 is 19.1. The van der Waals surface area contributed by atoms with Crippen molar-refractivity contribution in [3.8, 4) is 0 Å². The third-order valence-corrected chi connectivity index (χ3v) is 4.18. The SMILES string of the molecule is CN1C(=O)c2oc3ccc(F)cc3c(=O)c2C1c1ccccc1. The van der Waals surface area contributed by atoms with E-state index in [1.165, 1.54) is 17.0 Å². The highest BCUT2D eigenvalue weighted by Crippen LogP contribution is 2.36. The van der Waals surface area contributed by atoms with Crippen molar-refractivity contribution in [2.75, 3.05) is 7.05 Å². The molecule has 0 aliphatic carbocycles. The Morgan fingerprint density at radius 3 is 2.57 bits per heavy atom. The van der Waals surface area contributed by atoms with Crippen molar-refractivity contribution in [1.82, 2.24) is 4.90 Å². The minimum Gasteiger partial charge on any atom is -0.450 e. The predicted octanol–water partition coefficient (Wildman–Crippen LogP) is 3.11. The summed E-state index contributed by atoms with van der Waals surface area (Å²) in [6.07, 6.45) is 0. The second kappa shape index (κ2) is 4.78. The van der Waals surface area contributed by atoms with Crippen molar-refractivity contribution in [2.45, 2.75) is 6.04 Å². The Morgan fingerprint density at radius 1 is 1.09 bits per heavy atom. The van der Waals surface area contributed by atoms with Gasteiger partial charge in [0.25, 0.3) is 5.91 Å². The molecule has 2 heterocycles. The molecule has 3 aromatic rings. The van der Waals surface area contributed by atoms with Crippen molar-refractivity contribution in [3.63, 3.8) is 0 Å². The van der Waals surface area contributed by atoms with Crippen molar-refractivity contribution < 1.29 is 13.6 Å². The van der Waals surface area contributed by atoms with Gasteiger partial charge in [-0.05, 0) is 23.8 Å². The Labute approximate surface area is 130 Å². The highest BCUT2D eigenvalue weighted by Gasteiger charge is 2.40. The Hall–Kier alpha value is -2.95. The van der Waals surface area contributed by atoms with E-state index in [9.17, 15) is 14.0 Å². The molecule has 4 rings (SSSR count). The minimum atomic E-state index is -0.525. The average Bonchev–Trinajstić information content (AvgIpc) is 2.81. The highest BCUT2D eigenvalue weighted by molar-refractivity contribution is 5.98. The second-order valence-electron chi connectivity index (χ2n) is 5.54. The van der Waals surface area contributed by atoms with E-state index < -0.39 is 11.9 Å². The van der Waals surface area contributed by atoms with Gasteiger partial charge in [-0.15, -0.1) is 0 Å². The van der Waals surface area contributed by atoms with Gasteiger partial charge in [0.05, 0.1) is 17.0 Å². The molecule has 2 aromatic carbocycles. The molecule has 114 valence electrons. The standard InChI is InChI=1S/C18H12FNO3/c1-20-15(10-5-3-2-4-6-10)14-16(21)12-9-11(19)7-8-13(12)23-17(14)18(20)22/h2-9,15H,1H3. The van der Waals surface area contributed by atoms with E-state index in [0.29, 0.717) is 0 Å². The monoisotopic (exact) mass is 309 g/mol. The maximum Gasteiger partial charge on any atom is 0.290 e. The Kier molecular flexibility index (Phi) is 2.84. The Morgan fingerprint density at radius 2 is 1.83 bits per heavy atom. The van der Waals surface area contributed by atoms with Crippen LogP contribution in [0.1, 0.15) is 27.7 Å². The number of benzene rings is 2. The van der Waals surface area contributed by atoms with Gasteiger partial charge >= 0.3 is 0 Å². The molecule has 0 radical (unpaired) electrons. The van der Waals surface area contributed by atoms with Crippen molar-refractivity contribution >= 4 is 16.9 Å². The predicted molar refractivity (Wildman–Crippen MR) is 82.8 cm³/mol. The van der Waals surface area contributed by atoms with Crippen LogP contribution < -0.4 is 5.43 Å². The smallest absolute Gasteiger partial charge is 0.290 e. The van der Waals surface area contributed by atoms with Crippen LogP contribution in [0.3, 0.4) is 0 Å². The Bertz CT molecular complexity index is 994. The number of rotatable bonds is 1. The van der Waals surface area contributed by atoms with Gasteiger partial charge in [0.15, 0.2) is 5.43 Å². The van der Waals surface area contributed by atoms with Gasteiger partial charge in [0, 0.05) is 7.05 Å². The summed E-state index contributed by atoms with van der Waals surface area (Å²) in [7, 11) is 1.63. The Balaban J connectivity index is 2.06. The van der Waals surface area contributed by atoms with Crippen molar-refractivity contribution in [3.05, 3.63) is 81.5 Å². The molecule has 1 aliphatic heterocycles. The van der Waals surface area contributed by atoms with E-state index in [1.54, 1.807) is 7.05 Å². The largest absolute Gasteiger partial charge is 0.450 e. The van der Waals surface area contributed by atoms with E-state index in [0.717, 1.165) is 11.6 Å². The summed E-state index contributed by atoms with van der Waals surface area (Å²) in [4.78, 5) is 26.8. The van der Waals surface area contributed by atoms with Crippen LogP contribution in [0.5, 0.6) is 0 Å². The molecule has 1 amide bonds. The summed E-state index contributed by atoms with van der Waals surface area (Å²) in [6, 6.07) is 12.4. The molecular formula is C18H12FNO3. The van der Waals surface area contributed by atoms with Gasteiger partial charge in [-0.3, -0.25) is 9.59 Å². The van der Waals surface area contributed by atoms with Crippen LogP contribution in [-0.4, -0.2) is 17.9 Å². The summed E-state index contributed by atoms with van der Waals surface area (Å²) >= 11 is 0. The van der Waals surface area contributed by atoms with E-state index >= 15 is 0 Å². The lowest BCUT2D eigenvalue weighted by molar-refractivity contribution is 0.0771. The molecule has 0 saturated carbocycles. The topological polar surface area (TPSA) is 50.5 Å². The third kappa shape index (κ3) is 1.90. The van der Waals surface area contributed by atoms with Crippen LogP contribution in [-0.2, 0) is 0 Å². The molecule has 4 nitrogen and oxygen atoms in total. The molecule has 0 spiro atoms. The number of hydrogen-bond donors (Lipinski definition) is 0. The number of carbonyl (C=O) groups excluding carboxylic acids is 1. The normalized spacial score (nSPS) is 16.9. The van der Waals surface area contributed by atoms with Gasteiger partial charge in [-0.25, -0.2) is 4.39 Å². The van der Waals surface area contributed by atoms with E-state index in [2.05, 4.69) is 0 Å². The molecule has 23 heavy (non-hydrogen) atoms. The first kappa shape index (κ1) is 13.7. The van der Waals surface area contributed by atoms with E-state index in [1.807, 2.05) is 30.3 Å². The lowest BCUT2D eigenvalue weighted by Crippen LogP contribution is -2.25. The zero-order valence-electron chi connectivity index (χ0n) is 12.2. The van der Waals surface area contributed by atoms with Crippen LogP contribution >= 0.6 is 0 Å². The number of carbonyl (C=O) groups is 1. The summed E-state index contributed by atoms with van der Waals surface area (Å²) in [5.41, 5.74) is 0.921. The van der Waals surface area contributed by atoms with Crippen LogP contribution in [0.25, 0.3) is 11.0 Å². The molecule has 0 fully saturated rings. The first-order chi connectivity index (χ1) is 11.1. The first-order valence-electron chi connectivity index (χ1n) is 7.16. The van der Waals surface area contributed by atoms with Gasteiger partial charge in [0.2, 0.25) is 5.76 Å². The quantitative estimate of drug-likeness (QED) is 0.694. The lowest BCUT2D eigenvalue weighted by atomic mass is 9.99. The molecule has 0 N–H and O–H groups in total. The molecule has 5 heteroatoms. The fraction of sp³-hybridized carbons (Fsp3) is 0.111. The van der Waals surface area contributed by atoms with Crippen LogP contribution in [0, 0.1) is 5.82 Å². The van der Waals surface area contributed by atoms with Gasteiger partial charge in [-0.1, -0.05) is 30.3 Å². The molecule has 1 aliphatic rings. The number of nitrogens with zero attached hydrogens (tertiary/aromatic N) is 1. The first-order valence-corrected chi connectivity index (χ1v) is 7.16. The minimum absolute atomic E-state index is 0.0328. The van der Waals surface area contributed by atoms with Crippen LogP contribution in [0.15, 0.2) is 57.7 Å². The second-order valence-corrected chi connectivity index (χ2v) is 5.54. The molecular weight excluding hydrogens is 297 g/mol. The summed E-state index contributed by atoms with van der Waals surface area (Å²) in [6.45, 7) is 0.